The Morgan fingerprint density at radius 1 is 1.12 bits per heavy atom. The van der Waals surface area contributed by atoms with E-state index >= 15 is 0 Å². The van der Waals surface area contributed by atoms with Crippen LogP contribution in [0.15, 0.2) is 53.9 Å². The molecule has 134 valence electrons. The van der Waals surface area contributed by atoms with Crippen LogP contribution in [0, 0.1) is 0 Å². The fourth-order valence-electron chi connectivity index (χ4n) is 2.37. The quantitative estimate of drug-likeness (QED) is 0.655. The molecule has 2 aromatic carbocycles. The molecule has 26 heavy (non-hydrogen) atoms. The lowest BCUT2D eigenvalue weighted by atomic mass is 10.1. The summed E-state index contributed by atoms with van der Waals surface area (Å²) in [5, 5.41) is 8.82. The van der Waals surface area contributed by atoms with Crippen LogP contribution in [0.5, 0.6) is 5.75 Å². The molecule has 1 amide bonds. The van der Waals surface area contributed by atoms with Gasteiger partial charge < -0.3 is 20.1 Å². The summed E-state index contributed by atoms with van der Waals surface area (Å²) < 4.78 is 10.1. The van der Waals surface area contributed by atoms with E-state index in [1.54, 1.807) is 7.11 Å². The average Bonchev–Trinajstić information content (AvgIpc) is 3.11. The van der Waals surface area contributed by atoms with Gasteiger partial charge in [-0.1, -0.05) is 18.2 Å². The lowest BCUT2D eigenvalue weighted by Crippen LogP contribution is -2.16. The highest BCUT2D eigenvalue weighted by atomic mass is 32.1. The SMILES string of the molecule is COCC(=O)Nc1cccc(-c2csc(Nc3cccc(OC)c3)n2)c1. The van der Waals surface area contributed by atoms with E-state index in [0.29, 0.717) is 5.69 Å². The molecule has 0 aliphatic rings. The number of carbonyl (C=O) groups is 1. The number of carbonyl (C=O) groups excluding carboxylic acids is 1. The molecule has 0 fully saturated rings. The van der Waals surface area contributed by atoms with Crippen molar-refractivity contribution in [3.05, 3.63) is 53.9 Å². The number of benzene rings is 2. The monoisotopic (exact) mass is 369 g/mol. The van der Waals surface area contributed by atoms with Gasteiger partial charge in [-0.2, -0.15) is 0 Å². The first-order valence-corrected chi connectivity index (χ1v) is 8.82. The summed E-state index contributed by atoms with van der Waals surface area (Å²) in [6.45, 7) is 0.0233. The van der Waals surface area contributed by atoms with Crippen LogP contribution in [0.25, 0.3) is 11.3 Å². The van der Waals surface area contributed by atoms with Crippen LogP contribution < -0.4 is 15.4 Å². The van der Waals surface area contributed by atoms with Crippen LogP contribution in [0.4, 0.5) is 16.5 Å². The molecule has 3 rings (SSSR count). The zero-order valence-corrected chi connectivity index (χ0v) is 15.3. The Morgan fingerprint density at radius 3 is 2.73 bits per heavy atom. The van der Waals surface area contributed by atoms with Gasteiger partial charge in [0.15, 0.2) is 5.13 Å². The molecular formula is C19H19N3O3S. The maximum absolute atomic E-state index is 11.6. The Kier molecular flexibility index (Phi) is 5.83. The number of thiazole rings is 1. The van der Waals surface area contributed by atoms with E-state index in [1.807, 2.05) is 53.9 Å². The highest BCUT2D eigenvalue weighted by Crippen LogP contribution is 2.29. The molecule has 0 unspecified atom stereocenters. The highest BCUT2D eigenvalue weighted by molar-refractivity contribution is 7.14. The molecule has 2 N–H and O–H groups in total. The van der Waals surface area contributed by atoms with Crippen LogP contribution in [0.2, 0.25) is 0 Å². The van der Waals surface area contributed by atoms with E-state index in [4.69, 9.17) is 9.47 Å². The normalized spacial score (nSPS) is 10.4. The second kappa shape index (κ2) is 8.46. The lowest BCUT2D eigenvalue weighted by molar-refractivity contribution is -0.119. The second-order valence-electron chi connectivity index (χ2n) is 5.46. The van der Waals surface area contributed by atoms with E-state index in [-0.39, 0.29) is 12.5 Å². The fourth-order valence-corrected chi connectivity index (χ4v) is 3.11. The number of hydrogen-bond acceptors (Lipinski definition) is 6. The molecule has 0 saturated heterocycles. The summed E-state index contributed by atoms with van der Waals surface area (Å²) in [7, 11) is 3.13. The Labute approximate surface area is 155 Å². The van der Waals surface area contributed by atoms with E-state index < -0.39 is 0 Å². The van der Waals surface area contributed by atoms with Crippen molar-refractivity contribution in [2.24, 2.45) is 0 Å². The third-order valence-corrected chi connectivity index (χ3v) is 4.30. The average molecular weight is 369 g/mol. The van der Waals surface area contributed by atoms with Gasteiger partial charge in [-0.05, 0) is 24.3 Å². The number of methoxy groups -OCH3 is 2. The third kappa shape index (κ3) is 4.59. The van der Waals surface area contributed by atoms with Crippen LogP contribution in [-0.4, -0.2) is 31.7 Å². The number of hydrogen-bond donors (Lipinski definition) is 2. The molecule has 0 aliphatic heterocycles. The topological polar surface area (TPSA) is 72.5 Å². The maximum atomic E-state index is 11.6. The molecule has 0 aliphatic carbocycles. The molecule has 7 heteroatoms. The summed E-state index contributed by atoms with van der Waals surface area (Å²) in [5.41, 5.74) is 3.38. The minimum Gasteiger partial charge on any atom is -0.497 e. The predicted molar refractivity (Wildman–Crippen MR) is 104 cm³/mol. The molecular weight excluding hydrogens is 350 g/mol. The summed E-state index contributed by atoms with van der Waals surface area (Å²) in [6, 6.07) is 15.2. The van der Waals surface area contributed by atoms with Crippen LogP contribution in [0.3, 0.4) is 0 Å². The smallest absolute Gasteiger partial charge is 0.250 e. The highest BCUT2D eigenvalue weighted by Gasteiger charge is 2.08. The van der Waals surface area contributed by atoms with Gasteiger partial charge in [0.2, 0.25) is 5.91 Å². The minimum absolute atomic E-state index is 0.0233. The Bertz CT molecular complexity index is 895. The van der Waals surface area contributed by atoms with E-state index in [9.17, 15) is 4.79 Å². The van der Waals surface area contributed by atoms with Gasteiger partial charge in [0, 0.05) is 35.5 Å². The Morgan fingerprint density at radius 2 is 1.92 bits per heavy atom. The van der Waals surface area contributed by atoms with E-state index in [1.165, 1.54) is 18.4 Å². The fraction of sp³-hybridized carbons (Fsp3) is 0.158. The number of rotatable bonds is 7. The molecule has 1 heterocycles. The molecule has 3 aromatic rings. The predicted octanol–water partition coefficient (Wildman–Crippen LogP) is 4.15. The Balaban J connectivity index is 1.74. The van der Waals surface area contributed by atoms with Gasteiger partial charge >= 0.3 is 0 Å². The van der Waals surface area contributed by atoms with Crippen molar-refractivity contribution in [3.63, 3.8) is 0 Å². The zero-order valence-electron chi connectivity index (χ0n) is 14.5. The number of amides is 1. The lowest BCUT2D eigenvalue weighted by Gasteiger charge is -2.06. The van der Waals surface area contributed by atoms with E-state index in [2.05, 4.69) is 15.6 Å². The van der Waals surface area contributed by atoms with Crippen molar-refractivity contribution in [2.75, 3.05) is 31.5 Å². The molecule has 6 nitrogen and oxygen atoms in total. The standard InChI is InChI=1S/C19H19N3O3S/c1-24-11-18(23)20-14-6-3-5-13(9-14)17-12-26-19(22-17)21-15-7-4-8-16(10-15)25-2/h3-10,12H,11H2,1-2H3,(H,20,23)(H,21,22). The first-order valence-electron chi connectivity index (χ1n) is 7.94. The van der Waals surface area contributed by atoms with Crippen molar-refractivity contribution in [1.29, 1.82) is 0 Å². The molecule has 1 aromatic heterocycles. The van der Waals surface area contributed by atoms with Gasteiger partial charge in [-0.15, -0.1) is 11.3 Å². The first kappa shape index (κ1) is 17.9. The molecule has 0 bridgehead atoms. The summed E-state index contributed by atoms with van der Waals surface area (Å²) in [5.74, 6) is 0.592. The van der Waals surface area contributed by atoms with Crippen molar-refractivity contribution in [2.45, 2.75) is 0 Å². The largest absolute Gasteiger partial charge is 0.497 e. The van der Waals surface area contributed by atoms with E-state index in [0.717, 1.165) is 27.8 Å². The third-order valence-electron chi connectivity index (χ3n) is 3.54. The summed E-state index contributed by atoms with van der Waals surface area (Å²) in [6.07, 6.45) is 0. The molecule has 0 saturated carbocycles. The van der Waals surface area contributed by atoms with Gasteiger partial charge in [-0.3, -0.25) is 4.79 Å². The van der Waals surface area contributed by atoms with Crippen LogP contribution in [0.1, 0.15) is 0 Å². The van der Waals surface area contributed by atoms with Gasteiger partial charge in [-0.25, -0.2) is 4.98 Å². The van der Waals surface area contributed by atoms with Crippen molar-refractivity contribution in [3.8, 4) is 17.0 Å². The number of nitrogens with one attached hydrogen (secondary N) is 2. The van der Waals surface area contributed by atoms with Crippen molar-refractivity contribution < 1.29 is 14.3 Å². The zero-order chi connectivity index (χ0) is 18.4. The van der Waals surface area contributed by atoms with Crippen molar-refractivity contribution in [1.82, 2.24) is 4.98 Å². The number of anilines is 3. The number of aromatic nitrogens is 1. The minimum atomic E-state index is -0.191. The van der Waals surface area contributed by atoms with Gasteiger partial charge in [0.05, 0.1) is 12.8 Å². The molecule has 0 spiro atoms. The molecule has 0 atom stereocenters. The number of ether oxygens (including phenoxy) is 2. The maximum Gasteiger partial charge on any atom is 0.250 e. The number of nitrogens with zero attached hydrogens (tertiary/aromatic N) is 1. The molecule has 0 radical (unpaired) electrons. The van der Waals surface area contributed by atoms with Crippen molar-refractivity contribution >= 4 is 33.8 Å². The van der Waals surface area contributed by atoms with Crippen LogP contribution >= 0.6 is 11.3 Å². The Hall–Kier alpha value is -2.90. The first-order chi connectivity index (χ1) is 12.7. The second-order valence-corrected chi connectivity index (χ2v) is 6.31. The van der Waals surface area contributed by atoms with Crippen LogP contribution in [-0.2, 0) is 9.53 Å². The van der Waals surface area contributed by atoms with Gasteiger partial charge in [0.25, 0.3) is 0 Å². The summed E-state index contributed by atoms with van der Waals surface area (Å²) >= 11 is 1.51. The summed E-state index contributed by atoms with van der Waals surface area (Å²) in [4.78, 5) is 16.3. The van der Waals surface area contributed by atoms with Gasteiger partial charge in [0.1, 0.15) is 12.4 Å².